The van der Waals surface area contributed by atoms with Gasteiger partial charge in [-0.2, -0.15) is 0 Å². The van der Waals surface area contributed by atoms with Gasteiger partial charge in [0.25, 0.3) is 5.91 Å². The minimum absolute atomic E-state index is 0.00994. The highest BCUT2D eigenvalue weighted by Crippen LogP contribution is 2.20. The van der Waals surface area contributed by atoms with E-state index >= 15 is 0 Å². The van der Waals surface area contributed by atoms with Gasteiger partial charge in [-0.05, 0) is 42.0 Å². The van der Waals surface area contributed by atoms with E-state index in [9.17, 15) is 9.18 Å². The molecule has 6 nitrogen and oxygen atoms in total. The lowest BCUT2D eigenvalue weighted by Gasteiger charge is -2.34. The summed E-state index contributed by atoms with van der Waals surface area (Å²) >= 11 is 0. The Labute approximate surface area is 164 Å². The molecule has 1 aliphatic rings. The third-order valence-electron chi connectivity index (χ3n) is 4.77. The topological polar surface area (TPSA) is 51.2 Å². The predicted molar refractivity (Wildman–Crippen MR) is 103 cm³/mol. The van der Waals surface area contributed by atoms with Crippen molar-refractivity contribution in [3.63, 3.8) is 0 Å². The van der Waals surface area contributed by atoms with Gasteiger partial charge in [0.05, 0.1) is 14.2 Å². The van der Waals surface area contributed by atoms with Crippen LogP contribution in [-0.4, -0.2) is 62.7 Å². The number of benzene rings is 2. The Morgan fingerprint density at radius 1 is 0.964 bits per heavy atom. The van der Waals surface area contributed by atoms with Crippen molar-refractivity contribution in [1.82, 2.24) is 9.80 Å². The van der Waals surface area contributed by atoms with Gasteiger partial charge in [0.15, 0.2) is 18.2 Å². The summed E-state index contributed by atoms with van der Waals surface area (Å²) in [6, 6.07) is 12.1. The van der Waals surface area contributed by atoms with Crippen LogP contribution in [0.25, 0.3) is 0 Å². The van der Waals surface area contributed by atoms with E-state index in [-0.39, 0.29) is 24.1 Å². The van der Waals surface area contributed by atoms with E-state index in [0.29, 0.717) is 25.4 Å². The molecule has 0 saturated carbocycles. The Balaban J connectivity index is 1.43. The van der Waals surface area contributed by atoms with Crippen LogP contribution in [-0.2, 0) is 11.3 Å². The molecule has 0 bridgehead atoms. The molecule has 3 rings (SSSR count). The second kappa shape index (κ2) is 9.41. The van der Waals surface area contributed by atoms with E-state index < -0.39 is 0 Å². The second-order valence-corrected chi connectivity index (χ2v) is 6.59. The summed E-state index contributed by atoms with van der Waals surface area (Å²) in [5.74, 6) is 1.23. The highest BCUT2D eigenvalue weighted by atomic mass is 19.1. The second-order valence-electron chi connectivity index (χ2n) is 6.59. The zero-order valence-corrected chi connectivity index (χ0v) is 16.2. The number of amides is 1. The van der Waals surface area contributed by atoms with Gasteiger partial charge in [-0.25, -0.2) is 4.39 Å². The molecule has 150 valence electrons. The van der Waals surface area contributed by atoms with Gasteiger partial charge in [-0.1, -0.05) is 6.07 Å². The fourth-order valence-corrected chi connectivity index (χ4v) is 3.13. The molecule has 0 N–H and O–H groups in total. The lowest BCUT2D eigenvalue weighted by molar-refractivity contribution is -0.135. The van der Waals surface area contributed by atoms with Crippen molar-refractivity contribution in [1.29, 1.82) is 0 Å². The maximum absolute atomic E-state index is 13.8. The first-order chi connectivity index (χ1) is 13.6. The summed E-state index contributed by atoms with van der Waals surface area (Å²) in [4.78, 5) is 16.4. The number of halogens is 1. The average molecular weight is 388 g/mol. The Bertz CT molecular complexity index is 789. The number of methoxy groups -OCH3 is 2. The number of nitrogens with zero attached hydrogens (tertiary/aromatic N) is 2. The van der Waals surface area contributed by atoms with E-state index in [4.69, 9.17) is 14.2 Å². The van der Waals surface area contributed by atoms with E-state index in [2.05, 4.69) is 4.90 Å². The van der Waals surface area contributed by atoms with E-state index in [1.54, 1.807) is 42.3 Å². The first-order valence-corrected chi connectivity index (χ1v) is 9.18. The molecule has 0 unspecified atom stereocenters. The fourth-order valence-electron chi connectivity index (χ4n) is 3.13. The molecule has 1 saturated heterocycles. The van der Waals surface area contributed by atoms with Gasteiger partial charge in [0.1, 0.15) is 11.5 Å². The van der Waals surface area contributed by atoms with Crippen molar-refractivity contribution in [2.75, 3.05) is 47.0 Å². The molecular formula is C21H25FN2O4. The normalized spacial score (nSPS) is 14.6. The smallest absolute Gasteiger partial charge is 0.260 e. The van der Waals surface area contributed by atoms with Gasteiger partial charge >= 0.3 is 0 Å². The number of piperazine rings is 1. The zero-order valence-electron chi connectivity index (χ0n) is 16.2. The van der Waals surface area contributed by atoms with Crippen molar-refractivity contribution in [2.24, 2.45) is 0 Å². The Morgan fingerprint density at radius 2 is 1.64 bits per heavy atom. The zero-order chi connectivity index (χ0) is 19.9. The molecule has 1 aliphatic heterocycles. The SMILES string of the molecule is COc1ccc(OCC(=O)N2CCN(Cc3ccc(OC)c(F)c3)CC2)cc1. The van der Waals surface area contributed by atoms with Crippen molar-refractivity contribution >= 4 is 5.91 Å². The van der Waals surface area contributed by atoms with Crippen LogP contribution >= 0.6 is 0 Å². The highest BCUT2D eigenvalue weighted by molar-refractivity contribution is 5.77. The van der Waals surface area contributed by atoms with Crippen molar-refractivity contribution < 1.29 is 23.4 Å². The fraction of sp³-hybridized carbons (Fsp3) is 0.381. The van der Waals surface area contributed by atoms with Gasteiger partial charge < -0.3 is 19.1 Å². The quantitative estimate of drug-likeness (QED) is 0.730. The summed E-state index contributed by atoms with van der Waals surface area (Å²) in [5.41, 5.74) is 0.890. The first kappa shape index (κ1) is 19.9. The minimum atomic E-state index is -0.357. The minimum Gasteiger partial charge on any atom is -0.497 e. The molecular weight excluding hydrogens is 363 g/mol. The maximum Gasteiger partial charge on any atom is 0.260 e. The van der Waals surface area contributed by atoms with Crippen LogP contribution < -0.4 is 14.2 Å². The molecule has 0 spiro atoms. The summed E-state index contributed by atoms with van der Waals surface area (Å²) in [6.45, 7) is 3.39. The van der Waals surface area contributed by atoms with E-state index in [1.807, 2.05) is 6.07 Å². The number of carbonyl (C=O) groups is 1. The number of carbonyl (C=O) groups excluding carboxylic acids is 1. The van der Waals surface area contributed by atoms with Gasteiger partial charge in [0.2, 0.25) is 0 Å². The average Bonchev–Trinajstić information content (AvgIpc) is 2.73. The van der Waals surface area contributed by atoms with E-state index in [1.165, 1.54) is 13.2 Å². The highest BCUT2D eigenvalue weighted by Gasteiger charge is 2.21. The van der Waals surface area contributed by atoms with Crippen LogP contribution in [0.3, 0.4) is 0 Å². The van der Waals surface area contributed by atoms with Gasteiger partial charge in [0, 0.05) is 32.7 Å². The molecule has 0 aliphatic carbocycles. The van der Waals surface area contributed by atoms with Crippen LogP contribution in [0.15, 0.2) is 42.5 Å². The predicted octanol–water partition coefficient (Wildman–Crippen LogP) is 2.57. The molecule has 0 aromatic heterocycles. The molecule has 0 radical (unpaired) electrons. The lowest BCUT2D eigenvalue weighted by Crippen LogP contribution is -2.49. The van der Waals surface area contributed by atoms with Crippen LogP contribution in [0.5, 0.6) is 17.2 Å². The number of ether oxygens (including phenoxy) is 3. The molecule has 2 aromatic rings. The molecule has 0 atom stereocenters. The molecule has 1 heterocycles. The van der Waals surface area contributed by atoms with Crippen LogP contribution in [0.4, 0.5) is 4.39 Å². The number of hydrogen-bond donors (Lipinski definition) is 0. The van der Waals surface area contributed by atoms with Gasteiger partial charge in [-0.15, -0.1) is 0 Å². The summed E-state index contributed by atoms with van der Waals surface area (Å²) in [5, 5.41) is 0. The van der Waals surface area contributed by atoms with Crippen molar-refractivity contribution in [3.8, 4) is 17.2 Å². The Morgan fingerprint density at radius 3 is 2.25 bits per heavy atom. The monoisotopic (exact) mass is 388 g/mol. The van der Waals surface area contributed by atoms with Crippen molar-refractivity contribution in [3.05, 3.63) is 53.8 Å². The molecule has 1 amide bonds. The largest absolute Gasteiger partial charge is 0.497 e. The molecule has 7 heteroatoms. The number of hydrogen-bond acceptors (Lipinski definition) is 5. The third-order valence-corrected chi connectivity index (χ3v) is 4.77. The molecule has 1 fully saturated rings. The van der Waals surface area contributed by atoms with Gasteiger partial charge in [-0.3, -0.25) is 9.69 Å². The molecule has 28 heavy (non-hydrogen) atoms. The Hall–Kier alpha value is -2.80. The third kappa shape index (κ3) is 5.13. The Kier molecular flexibility index (Phi) is 6.71. The van der Waals surface area contributed by atoms with E-state index in [0.717, 1.165) is 24.4 Å². The number of rotatable bonds is 7. The van der Waals surface area contributed by atoms with Crippen LogP contribution in [0.2, 0.25) is 0 Å². The first-order valence-electron chi connectivity index (χ1n) is 9.18. The molecule has 2 aromatic carbocycles. The maximum atomic E-state index is 13.8. The lowest BCUT2D eigenvalue weighted by atomic mass is 10.2. The van der Waals surface area contributed by atoms with Crippen molar-refractivity contribution in [2.45, 2.75) is 6.54 Å². The summed E-state index contributed by atoms with van der Waals surface area (Å²) in [7, 11) is 3.05. The summed E-state index contributed by atoms with van der Waals surface area (Å²) in [6.07, 6.45) is 0. The van der Waals surface area contributed by atoms with Crippen LogP contribution in [0, 0.1) is 5.82 Å². The summed E-state index contributed by atoms with van der Waals surface area (Å²) < 4.78 is 29.4. The van der Waals surface area contributed by atoms with Crippen LogP contribution in [0.1, 0.15) is 5.56 Å². The standard InChI is InChI=1S/C21H25FN2O4/c1-26-17-4-6-18(7-5-17)28-15-21(25)24-11-9-23(10-12-24)14-16-3-8-20(27-2)19(22)13-16/h3-8,13H,9-12,14-15H2,1-2H3.